The number of likely N-dealkylation sites (tertiary alicyclic amines) is 1. The van der Waals surface area contributed by atoms with E-state index in [1.807, 2.05) is 23.1 Å². The van der Waals surface area contributed by atoms with Crippen LogP contribution in [-0.2, 0) is 20.8 Å². The summed E-state index contributed by atoms with van der Waals surface area (Å²) in [6.45, 7) is 6.19. The molecular formula is C22H30ClN5O3. The van der Waals surface area contributed by atoms with E-state index in [2.05, 4.69) is 10.2 Å². The summed E-state index contributed by atoms with van der Waals surface area (Å²) >= 11 is 6.20. The molecule has 4 rings (SSSR count). The number of nitrogens with one attached hydrogen (secondary N) is 1. The van der Waals surface area contributed by atoms with Crippen molar-refractivity contribution in [2.75, 3.05) is 65.0 Å². The van der Waals surface area contributed by atoms with E-state index < -0.39 is 0 Å². The molecule has 2 aromatic rings. The van der Waals surface area contributed by atoms with Crippen molar-refractivity contribution in [3.05, 3.63) is 29.0 Å². The summed E-state index contributed by atoms with van der Waals surface area (Å²) in [7, 11) is 1.67. The molecule has 168 valence electrons. The lowest BCUT2D eigenvalue weighted by Gasteiger charge is -2.36. The van der Waals surface area contributed by atoms with Crippen LogP contribution in [0.1, 0.15) is 18.7 Å². The van der Waals surface area contributed by atoms with E-state index in [9.17, 15) is 4.79 Å². The van der Waals surface area contributed by atoms with E-state index in [-0.39, 0.29) is 11.8 Å². The Balaban J connectivity index is 1.48. The van der Waals surface area contributed by atoms with E-state index in [1.54, 1.807) is 7.11 Å². The third-order valence-electron chi connectivity index (χ3n) is 5.85. The van der Waals surface area contributed by atoms with Gasteiger partial charge in [-0.15, -0.1) is 0 Å². The molecule has 2 aliphatic heterocycles. The molecule has 1 amide bonds. The van der Waals surface area contributed by atoms with Crippen molar-refractivity contribution >= 4 is 34.2 Å². The van der Waals surface area contributed by atoms with Gasteiger partial charge in [-0.2, -0.15) is 0 Å². The summed E-state index contributed by atoms with van der Waals surface area (Å²) in [6, 6.07) is 5.65. The summed E-state index contributed by atoms with van der Waals surface area (Å²) in [6.07, 6.45) is 1.94. The highest BCUT2D eigenvalue weighted by Gasteiger charge is 2.30. The Morgan fingerprint density at radius 3 is 2.94 bits per heavy atom. The minimum Gasteiger partial charge on any atom is -0.383 e. The van der Waals surface area contributed by atoms with Crippen LogP contribution in [0.4, 0.5) is 5.82 Å². The molecule has 1 unspecified atom stereocenters. The molecule has 3 heterocycles. The average molecular weight is 448 g/mol. The quantitative estimate of drug-likeness (QED) is 0.653. The number of halogens is 1. The maximum Gasteiger partial charge on any atom is 0.227 e. The van der Waals surface area contributed by atoms with Gasteiger partial charge in [0.05, 0.1) is 37.8 Å². The predicted molar refractivity (Wildman–Crippen MR) is 120 cm³/mol. The molecule has 1 atom stereocenters. The van der Waals surface area contributed by atoms with Gasteiger partial charge in [-0.25, -0.2) is 9.97 Å². The normalized spacial score (nSPS) is 20.2. The largest absolute Gasteiger partial charge is 0.383 e. The van der Waals surface area contributed by atoms with Gasteiger partial charge in [0.25, 0.3) is 0 Å². The lowest BCUT2D eigenvalue weighted by molar-refractivity contribution is -0.141. The van der Waals surface area contributed by atoms with Gasteiger partial charge in [0.2, 0.25) is 5.91 Å². The lowest BCUT2D eigenvalue weighted by Crippen LogP contribution is -2.48. The molecule has 2 fully saturated rings. The third-order valence-corrected chi connectivity index (χ3v) is 6.08. The number of methoxy groups -OCH3 is 1. The Hall–Kier alpha value is -2.00. The van der Waals surface area contributed by atoms with Crippen molar-refractivity contribution in [1.29, 1.82) is 0 Å². The lowest BCUT2D eigenvalue weighted by atomic mass is 9.96. The zero-order valence-electron chi connectivity index (χ0n) is 18.0. The molecule has 0 bridgehead atoms. The maximum atomic E-state index is 12.9. The first-order valence-corrected chi connectivity index (χ1v) is 11.3. The number of amides is 1. The average Bonchev–Trinajstić information content (AvgIpc) is 2.80. The summed E-state index contributed by atoms with van der Waals surface area (Å²) in [5, 5.41) is 4.88. The van der Waals surface area contributed by atoms with Crippen LogP contribution in [0, 0.1) is 5.92 Å². The van der Waals surface area contributed by atoms with Crippen molar-refractivity contribution in [2.45, 2.75) is 19.4 Å². The summed E-state index contributed by atoms with van der Waals surface area (Å²) in [5.41, 5.74) is 0.854. The Bertz CT molecular complexity index is 906. The highest BCUT2D eigenvalue weighted by atomic mass is 35.5. The van der Waals surface area contributed by atoms with Gasteiger partial charge < -0.3 is 19.7 Å². The Morgan fingerprint density at radius 1 is 1.29 bits per heavy atom. The monoisotopic (exact) mass is 447 g/mol. The van der Waals surface area contributed by atoms with E-state index in [0.717, 1.165) is 48.5 Å². The van der Waals surface area contributed by atoms with Gasteiger partial charge in [-0.05, 0) is 37.6 Å². The maximum absolute atomic E-state index is 12.9. The Labute approximate surface area is 187 Å². The number of hydrogen-bond donors (Lipinski definition) is 1. The predicted octanol–water partition coefficient (Wildman–Crippen LogP) is 2.41. The van der Waals surface area contributed by atoms with Crippen LogP contribution in [-0.4, -0.2) is 85.3 Å². The second kappa shape index (κ2) is 10.5. The molecule has 2 saturated heterocycles. The van der Waals surface area contributed by atoms with Gasteiger partial charge >= 0.3 is 0 Å². The van der Waals surface area contributed by atoms with Crippen LogP contribution < -0.4 is 5.32 Å². The van der Waals surface area contributed by atoms with Crippen molar-refractivity contribution in [1.82, 2.24) is 19.8 Å². The molecule has 31 heavy (non-hydrogen) atoms. The number of piperidine rings is 1. The number of hydrogen-bond acceptors (Lipinski definition) is 7. The van der Waals surface area contributed by atoms with Crippen LogP contribution in [0.25, 0.3) is 10.9 Å². The number of fused-ring (bicyclic) bond motifs is 1. The first-order valence-electron chi connectivity index (χ1n) is 10.9. The van der Waals surface area contributed by atoms with E-state index >= 15 is 0 Å². The van der Waals surface area contributed by atoms with Crippen LogP contribution in [0.3, 0.4) is 0 Å². The van der Waals surface area contributed by atoms with E-state index in [0.29, 0.717) is 51.0 Å². The van der Waals surface area contributed by atoms with Crippen molar-refractivity contribution in [3.63, 3.8) is 0 Å². The molecule has 2 aliphatic rings. The first-order chi connectivity index (χ1) is 15.1. The smallest absolute Gasteiger partial charge is 0.227 e. The molecule has 1 aromatic heterocycles. The summed E-state index contributed by atoms with van der Waals surface area (Å²) in [4.78, 5) is 26.7. The standard InChI is InChI=1S/C22H30ClN5O3/c1-30-10-6-24-21-18-13-17(23)4-5-19(18)25-20(26-21)15-27-7-2-3-16(14-27)22(29)28-8-11-31-12-9-28/h4-5,13,16H,2-3,6-12,14-15H2,1H3,(H,24,25,26). The number of benzene rings is 1. The summed E-state index contributed by atoms with van der Waals surface area (Å²) < 4.78 is 10.5. The number of ether oxygens (including phenoxy) is 2. The molecule has 0 aliphatic carbocycles. The SMILES string of the molecule is COCCNc1nc(CN2CCCC(C(=O)N3CCOCC3)C2)nc2ccc(Cl)cc12. The Morgan fingerprint density at radius 2 is 2.13 bits per heavy atom. The van der Waals surface area contributed by atoms with Crippen LogP contribution in [0.5, 0.6) is 0 Å². The van der Waals surface area contributed by atoms with Gasteiger partial charge in [-0.1, -0.05) is 11.6 Å². The second-order valence-electron chi connectivity index (χ2n) is 8.08. The minimum atomic E-state index is 0.0328. The number of nitrogens with zero attached hydrogens (tertiary/aromatic N) is 4. The van der Waals surface area contributed by atoms with Crippen LogP contribution >= 0.6 is 11.6 Å². The van der Waals surface area contributed by atoms with Crippen LogP contribution in [0.2, 0.25) is 5.02 Å². The number of carbonyl (C=O) groups is 1. The zero-order valence-corrected chi connectivity index (χ0v) is 18.7. The third kappa shape index (κ3) is 5.63. The Kier molecular flexibility index (Phi) is 7.55. The molecule has 1 N–H and O–H groups in total. The van der Waals surface area contributed by atoms with E-state index in [1.165, 1.54) is 0 Å². The highest BCUT2D eigenvalue weighted by Crippen LogP contribution is 2.26. The minimum absolute atomic E-state index is 0.0328. The second-order valence-corrected chi connectivity index (χ2v) is 8.52. The van der Waals surface area contributed by atoms with Crippen molar-refractivity contribution in [3.8, 4) is 0 Å². The zero-order chi connectivity index (χ0) is 21.6. The van der Waals surface area contributed by atoms with Gasteiger partial charge in [-0.3, -0.25) is 9.69 Å². The molecule has 1 aromatic carbocycles. The van der Waals surface area contributed by atoms with Gasteiger partial charge in [0.15, 0.2) is 0 Å². The van der Waals surface area contributed by atoms with Gasteiger partial charge in [0, 0.05) is 43.7 Å². The van der Waals surface area contributed by atoms with Crippen molar-refractivity contribution in [2.24, 2.45) is 5.92 Å². The number of aromatic nitrogens is 2. The molecule has 0 spiro atoms. The fourth-order valence-corrected chi connectivity index (χ4v) is 4.44. The number of rotatable bonds is 7. The molecular weight excluding hydrogens is 418 g/mol. The number of carbonyl (C=O) groups excluding carboxylic acids is 1. The molecule has 9 heteroatoms. The number of anilines is 1. The van der Waals surface area contributed by atoms with Crippen molar-refractivity contribution < 1.29 is 14.3 Å². The molecule has 0 saturated carbocycles. The fraction of sp³-hybridized carbons (Fsp3) is 0.591. The van der Waals surface area contributed by atoms with Crippen LogP contribution in [0.15, 0.2) is 18.2 Å². The number of morpholine rings is 1. The fourth-order valence-electron chi connectivity index (χ4n) is 4.27. The topological polar surface area (TPSA) is 79.8 Å². The molecule has 8 nitrogen and oxygen atoms in total. The van der Waals surface area contributed by atoms with Gasteiger partial charge in [0.1, 0.15) is 11.6 Å². The van der Waals surface area contributed by atoms with E-state index in [4.69, 9.17) is 31.0 Å². The first kappa shape index (κ1) is 22.2. The highest BCUT2D eigenvalue weighted by molar-refractivity contribution is 6.31. The molecule has 0 radical (unpaired) electrons. The summed E-state index contributed by atoms with van der Waals surface area (Å²) in [5.74, 6) is 1.79.